The predicted octanol–water partition coefficient (Wildman–Crippen LogP) is 4.52. The molecule has 0 saturated heterocycles. The van der Waals surface area contributed by atoms with Crippen LogP contribution in [-0.4, -0.2) is 33.4 Å². The zero-order chi connectivity index (χ0) is 25.4. The second-order valence-electron chi connectivity index (χ2n) is 7.25. The van der Waals surface area contributed by atoms with Crippen LogP contribution in [0.3, 0.4) is 0 Å². The summed E-state index contributed by atoms with van der Waals surface area (Å²) in [5.41, 5.74) is 1.48. The van der Waals surface area contributed by atoms with E-state index in [9.17, 15) is 18.0 Å². The Kier molecular flexibility index (Phi) is 8.56. The SMILES string of the molecule is CCOc1ccc(NS(=O)(=O)c2ccc(OCC(=O)Nc3ccc(NC(C)=O)cc3)c(Cl)c2)cc1. The van der Waals surface area contributed by atoms with Gasteiger partial charge in [-0.1, -0.05) is 11.6 Å². The second kappa shape index (κ2) is 11.6. The molecule has 9 nitrogen and oxygen atoms in total. The maximum atomic E-state index is 12.7. The van der Waals surface area contributed by atoms with E-state index in [4.69, 9.17) is 21.1 Å². The molecule has 0 bridgehead atoms. The highest BCUT2D eigenvalue weighted by Crippen LogP contribution is 2.28. The van der Waals surface area contributed by atoms with Crippen molar-refractivity contribution < 1.29 is 27.5 Å². The maximum Gasteiger partial charge on any atom is 0.262 e. The molecule has 0 aliphatic carbocycles. The van der Waals surface area contributed by atoms with Crippen molar-refractivity contribution in [2.45, 2.75) is 18.7 Å². The van der Waals surface area contributed by atoms with Crippen LogP contribution in [-0.2, 0) is 19.6 Å². The van der Waals surface area contributed by atoms with Gasteiger partial charge in [-0.3, -0.25) is 14.3 Å². The van der Waals surface area contributed by atoms with Gasteiger partial charge in [0.25, 0.3) is 15.9 Å². The van der Waals surface area contributed by atoms with Gasteiger partial charge in [-0.15, -0.1) is 0 Å². The minimum absolute atomic E-state index is 0.0343. The van der Waals surface area contributed by atoms with Gasteiger partial charge in [-0.25, -0.2) is 8.42 Å². The molecule has 0 unspecified atom stereocenters. The molecule has 0 spiro atoms. The Labute approximate surface area is 208 Å². The second-order valence-corrected chi connectivity index (χ2v) is 9.34. The Hall–Kier alpha value is -3.76. The van der Waals surface area contributed by atoms with Crippen molar-refractivity contribution in [3.8, 4) is 11.5 Å². The molecule has 0 radical (unpaired) electrons. The molecule has 35 heavy (non-hydrogen) atoms. The zero-order valence-corrected chi connectivity index (χ0v) is 20.6. The number of carbonyl (C=O) groups is 2. The number of nitrogens with one attached hydrogen (secondary N) is 3. The molecular weight excluding hydrogens is 494 g/mol. The number of ether oxygens (including phenoxy) is 2. The van der Waals surface area contributed by atoms with E-state index in [1.54, 1.807) is 48.5 Å². The van der Waals surface area contributed by atoms with E-state index in [0.29, 0.717) is 29.4 Å². The third-order valence-electron chi connectivity index (χ3n) is 4.48. The smallest absolute Gasteiger partial charge is 0.262 e. The standard InChI is InChI=1S/C24H24ClN3O6S/c1-3-33-20-10-8-19(9-11-20)28-35(31,32)21-12-13-23(22(25)14-21)34-15-24(30)27-18-6-4-17(5-7-18)26-16(2)29/h4-14,28H,3,15H2,1-2H3,(H,26,29)(H,27,30). The van der Waals surface area contributed by atoms with Gasteiger partial charge in [0.2, 0.25) is 5.91 Å². The topological polar surface area (TPSA) is 123 Å². The largest absolute Gasteiger partial charge is 0.494 e. The number of anilines is 3. The van der Waals surface area contributed by atoms with E-state index in [0.717, 1.165) is 0 Å². The van der Waals surface area contributed by atoms with Crippen LogP contribution in [0.5, 0.6) is 11.5 Å². The van der Waals surface area contributed by atoms with E-state index in [1.165, 1.54) is 25.1 Å². The Morgan fingerprint density at radius 2 is 1.46 bits per heavy atom. The first-order valence-corrected chi connectivity index (χ1v) is 12.4. The molecule has 0 fully saturated rings. The maximum absolute atomic E-state index is 12.7. The third-order valence-corrected chi connectivity index (χ3v) is 6.15. The summed E-state index contributed by atoms with van der Waals surface area (Å²) < 4.78 is 38.7. The molecule has 3 N–H and O–H groups in total. The van der Waals surface area contributed by atoms with Crippen molar-refractivity contribution in [3.05, 3.63) is 71.8 Å². The number of hydrogen-bond donors (Lipinski definition) is 3. The molecule has 184 valence electrons. The lowest BCUT2D eigenvalue weighted by Crippen LogP contribution is -2.20. The van der Waals surface area contributed by atoms with Crippen LogP contribution in [0.25, 0.3) is 0 Å². The summed E-state index contributed by atoms with van der Waals surface area (Å²) in [6.45, 7) is 3.42. The van der Waals surface area contributed by atoms with Crippen LogP contribution >= 0.6 is 11.6 Å². The molecule has 3 rings (SSSR count). The Bertz CT molecular complexity index is 1300. The van der Waals surface area contributed by atoms with Crippen LogP contribution in [0.1, 0.15) is 13.8 Å². The summed E-state index contributed by atoms with van der Waals surface area (Å²) in [6, 6.07) is 17.0. The normalized spacial score (nSPS) is 10.8. The van der Waals surface area contributed by atoms with Gasteiger partial charge < -0.3 is 20.1 Å². The lowest BCUT2D eigenvalue weighted by molar-refractivity contribution is -0.118. The van der Waals surface area contributed by atoms with Gasteiger partial charge in [0, 0.05) is 24.0 Å². The van der Waals surface area contributed by atoms with E-state index >= 15 is 0 Å². The molecular formula is C24H24ClN3O6S. The summed E-state index contributed by atoms with van der Waals surface area (Å²) in [6.07, 6.45) is 0. The first kappa shape index (κ1) is 25.9. The van der Waals surface area contributed by atoms with Crippen molar-refractivity contribution in [2.24, 2.45) is 0 Å². The van der Waals surface area contributed by atoms with Crippen molar-refractivity contribution in [3.63, 3.8) is 0 Å². The highest BCUT2D eigenvalue weighted by atomic mass is 35.5. The highest BCUT2D eigenvalue weighted by Gasteiger charge is 2.17. The number of halogens is 1. The minimum Gasteiger partial charge on any atom is -0.494 e. The number of hydrogen-bond acceptors (Lipinski definition) is 6. The molecule has 11 heteroatoms. The Morgan fingerprint density at radius 1 is 0.857 bits per heavy atom. The number of benzene rings is 3. The summed E-state index contributed by atoms with van der Waals surface area (Å²) in [7, 11) is -3.90. The van der Waals surface area contributed by atoms with Crippen LogP contribution < -0.4 is 24.8 Å². The molecule has 0 saturated carbocycles. The van der Waals surface area contributed by atoms with Crippen LogP contribution in [0.15, 0.2) is 71.6 Å². The lowest BCUT2D eigenvalue weighted by atomic mass is 10.2. The van der Waals surface area contributed by atoms with E-state index in [-0.39, 0.29) is 28.2 Å². The van der Waals surface area contributed by atoms with Gasteiger partial charge in [0.1, 0.15) is 11.5 Å². The van der Waals surface area contributed by atoms with Crippen LogP contribution in [0, 0.1) is 0 Å². The molecule has 3 aromatic carbocycles. The van der Waals surface area contributed by atoms with Gasteiger partial charge in [0.15, 0.2) is 6.61 Å². The third kappa shape index (κ3) is 7.62. The Morgan fingerprint density at radius 3 is 2.03 bits per heavy atom. The summed E-state index contributed by atoms with van der Waals surface area (Å²) in [5.74, 6) is 0.147. The average molecular weight is 518 g/mol. The fraction of sp³-hybridized carbons (Fsp3) is 0.167. The number of amides is 2. The highest BCUT2D eigenvalue weighted by molar-refractivity contribution is 7.92. The van der Waals surface area contributed by atoms with Gasteiger partial charge in [-0.05, 0) is 73.7 Å². The first-order valence-electron chi connectivity index (χ1n) is 10.5. The molecule has 0 atom stereocenters. The molecule has 3 aromatic rings. The van der Waals surface area contributed by atoms with Crippen LogP contribution in [0.2, 0.25) is 5.02 Å². The molecule has 2 amide bonds. The minimum atomic E-state index is -3.90. The fourth-order valence-electron chi connectivity index (χ4n) is 2.95. The molecule has 0 heterocycles. The molecule has 0 aliphatic rings. The molecule has 0 aromatic heterocycles. The monoisotopic (exact) mass is 517 g/mol. The summed E-state index contributed by atoms with van der Waals surface area (Å²) in [4.78, 5) is 23.2. The van der Waals surface area contributed by atoms with Gasteiger partial charge in [0.05, 0.1) is 16.5 Å². The number of sulfonamides is 1. The Balaban J connectivity index is 1.58. The van der Waals surface area contributed by atoms with E-state index < -0.39 is 15.9 Å². The average Bonchev–Trinajstić information content (AvgIpc) is 2.80. The van der Waals surface area contributed by atoms with Crippen molar-refractivity contribution in [1.82, 2.24) is 0 Å². The first-order chi connectivity index (χ1) is 16.7. The van der Waals surface area contributed by atoms with E-state index in [1.807, 2.05) is 6.92 Å². The summed E-state index contributed by atoms with van der Waals surface area (Å²) >= 11 is 6.20. The molecule has 0 aliphatic heterocycles. The summed E-state index contributed by atoms with van der Waals surface area (Å²) in [5, 5.41) is 5.32. The number of carbonyl (C=O) groups excluding carboxylic acids is 2. The van der Waals surface area contributed by atoms with Crippen molar-refractivity contribution in [2.75, 3.05) is 28.6 Å². The number of rotatable bonds is 10. The zero-order valence-electron chi connectivity index (χ0n) is 19.0. The van der Waals surface area contributed by atoms with Crippen molar-refractivity contribution in [1.29, 1.82) is 0 Å². The van der Waals surface area contributed by atoms with Crippen molar-refractivity contribution >= 4 is 50.5 Å². The predicted molar refractivity (Wildman–Crippen MR) is 135 cm³/mol. The van der Waals surface area contributed by atoms with E-state index in [2.05, 4.69) is 15.4 Å². The quantitative estimate of drug-likeness (QED) is 0.363. The van der Waals surface area contributed by atoms with Gasteiger partial charge >= 0.3 is 0 Å². The fourth-order valence-corrected chi connectivity index (χ4v) is 4.33. The van der Waals surface area contributed by atoms with Gasteiger partial charge in [-0.2, -0.15) is 0 Å². The lowest BCUT2D eigenvalue weighted by Gasteiger charge is -2.12. The van der Waals surface area contributed by atoms with Crippen LogP contribution in [0.4, 0.5) is 17.1 Å².